The minimum atomic E-state index is -0.458. The van der Waals surface area contributed by atoms with Gasteiger partial charge in [0.1, 0.15) is 0 Å². The Bertz CT molecular complexity index is 885. The van der Waals surface area contributed by atoms with E-state index >= 15 is 0 Å². The zero-order chi connectivity index (χ0) is 21.2. The van der Waals surface area contributed by atoms with Gasteiger partial charge in [-0.2, -0.15) is 0 Å². The molecule has 1 saturated heterocycles. The molecule has 1 heterocycles. The minimum absolute atomic E-state index is 0.00821. The molecule has 1 N–H and O–H groups in total. The summed E-state index contributed by atoms with van der Waals surface area (Å²) in [6.07, 6.45) is 0. The molecule has 0 aliphatic carbocycles. The average Bonchev–Trinajstić information content (AvgIpc) is 2.68. The molecule has 2 aromatic carbocycles. The van der Waals surface area contributed by atoms with Gasteiger partial charge in [0.15, 0.2) is 0 Å². The van der Waals surface area contributed by atoms with E-state index in [9.17, 15) is 4.79 Å². The zero-order valence-corrected chi connectivity index (χ0v) is 18.3. The average molecular weight is 392 g/mol. The smallest absolute Gasteiger partial charge is 0.318 e. The lowest BCUT2D eigenvalue weighted by atomic mass is 9.92. The maximum Gasteiger partial charge on any atom is 0.318 e. The molecule has 2 aromatic rings. The Balaban J connectivity index is 1.66. The summed E-state index contributed by atoms with van der Waals surface area (Å²) in [7, 11) is 0. The Kier molecular flexibility index (Phi) is 6.02. The van der Waals surface area contributed by atoms with Crippen LogP contribution in [0.25, 0.3) is 5.57 Å². The summed E-state index contributed by atoms with van der Waals surface area (Å²) in [6.45, 7) is 16.7. The molecule has 1 unspecified atom stereocenters. The first-order chi connectivity index (χ1) is 13.7. The molecule has 4 heteroatoms. The molecule has 0 bridgehead atoms. The number of amides is 2. The summed E-state index contributed by atoms with van der Waals surface area (Å²) in [5.41, 5.74) is 5.23. The lowest BCUT2D eigenvalue weighted by Gasteiger charge is -2.42. The van der Waals surface area contributed by atoms with E-state index in [1.807, 2.05) is 17.9 Å². The fourth-order valence-corrected chi connectivity index (χ4v) is 3.85. The highest BCUT2D eigenvalue weighted by Crippen LogP contribution is 2.25. The van der Waals surface area contributed by atoms with Gasteiger partial charge in [-0.15, -0.1) is 0 Å². The number of urea groups is 1. The van der Waals surface area contributed by atoms with Crippen LogP contribution in [-0.4, -0.2) is 36.6 Å². The minimum Gasteiger partial charge on any atom is -0.365 e. The first-order valence-electron chi connectivity index (χ1n) is 10.3. The summed E-state index contributed by atoms with van der Waals surface area (Å²) in [5, 5.41) is 3.23. The maximum absolute atomic E-state index is 13.0. The van der Waals surface area contributed by atoms with Gasteiger partial charge in [0.25, 0.3) is 0 Å². The Hall–Kier alpha value is -2.75. The Labute approximate surface area is 175 Å². The van der Waals surface area contributed by atoms with Crippen molar-refractivity contribution in [2.24, 2.45) is 0 Å². The molecule has 0 saturated carbocycles. The lowest BCUT2D eigenvalue weighted by molar-refractivity contribution is 0.176. The van der Waals surface area contributed by atoms with Crippen LogP contribution in [0.15, 0.2) is 55.1 Å². The number of hydrogen-bond acceptors (Lipinski definition) is 2. The SMILES string of the molecule is C=C(C)c1cccc(C(C)(C)NC(=O)N2CCN(c3ccc(C)cc3)C(C)C2)c1. The first-order valence-corrected chi connectivity index (χ1v) is 10.3. The molecule has 29 heavy (non-hydrogen) atoms. The van der Waals surface area contributed by atoms with Crippen LogP contribution in [0.4, 0.5) is 10.5 Å². The molecule has 1 aliphatic heterocycles. The predicted octanol–water partition coefficient (Wildman–Crippen LogP) is 5.18. The third kappa shape index (κ3) is 4.81. The van der Waals surface area contributed by atoms with E-state index in [2.05, 4.69) is 87.0 Å². The van der Waals surface area contributed by atoms with Crippen molar-refractivity contribution in [1.29, 1.82) is 0 Å². The number of carbonyl (C=O) groups is 1. The number of benzene rings is 2. The van der Waals surface area contributed by atoms with Crippen LogP contribution in [0.3, 0.4) is 0 Å². The summed E-state index contributed by atoms with van der Waals surface area (Å²) in [4.78, 5) is 17.3. The second-order valence-electron chi connectivity index (χ2n) is 8.74. The van der Waals surface area contributed by atoms with Crippen LogP contribution in [0.5, 0.6) is 0 Å². The third-order valence-electron chi connectivity index (χ3n) is 5.78. The van der Waals surface area contributed by atoms with Crippen molar-refractivity contribution in [1.82, 2.24) is 10.2 Å². The van der Waals surface area contributed by atoms with Gasteiger partial charge in [-0.3, -0.25) is 0 Å². The van der Waals surface area contributed by atoms with Crippen LogP contribution in [0.1, 0.15) is 44.4 Å². The second-order valence-corrected chi connectivity index (χ2v) is 8.74. The summed E-state index contributed by atoms with van der Waals surface area (Å²) < 4.78 is 0. The van der Waals surface area contributed by atoms with Gasteiger partial charge in [-0.25, -0.2) is 4.79 Å². The van der Waals surface area contributed by atoms with Gasteiger partial charge in [0.05, 0.1) is 5.54 Å². The van der Waals surface area contributed by atoms with E-state index in [4.69, 9.17) is 0 Å². The number of anilines is 1. The highest BCUT2D eigenvalue weighted by atomic mass is 16.2. The second kappa shape index (κ2) is 8.32. The quantitative estimate of drug-likeness (QED) is 0.779. The van der Waals surface area contributed by atoms with Crippen LogP contribution in [0.2, 0.25) is 0 Å². The largest absolute Gasteiger partial charge is 0.365 e. The highest BCUT2D eigenvalue weighted by Gasteiger charge is 2.30. The topological polar surface area (TPSA) is 35.6 Å². The fourth-order valence-electron chi connectivity index (χ4n) is 3.85. The fraction of sp³-hybridized carbons (Fsp3) is 0.400. The summed E-state index contributed by atoms with van der Waals surface area (Å²) >= 11 is 0. The van der Waals surface area contributed by atoms with E-state index in [1.165, 1.54) is 11.3 Å². The van der Waals surface area contributed by atoms with Gasteiger partial charge in [-0.1, -0.05) is 48.0 Å². The third-order valence-corrected chi connectivity index (χ3v) is 5.78. The molecule has 1 aliphatic rings. The van der Waals surface area contributed by atoms with Gasteiger partial charge < -0.3 is 15.1 Å². The van der Waals surface area contributed by atoms with Gasteiger partial charge in [0, 0.05) is 31.4 Å². The monoisotopic (exact) mass is 391 g/mol. The predicted molar refractivity (Wildman–Crippen MR) is 122 cm³/mol. The normalized spacial score (nSPS) is 17.2. The molecule has 0 spiro atoms. The number of piperazine rings is 1. The summed E-state index contributed by atoms with van der Waals surface area (Å²) in [6, 6.07) is 17.1. The molecule has 1 atom stereocenters. The van der Waals surface area contributed by atoms with Crippen molar-refractivity contribution >= 4 is 17.3 Å². The molecule has 0 aromatic heterocycles. The number of nitrogens with zero attached hydrogens (tertiary/aromatic N) is 2. The number of hydrogen-bond donors (Lipinski definition) is 1. The molecule has 154 valence electrons. The molecule has 3 rings (SSSR count). The van der Waals surface area contributed by atoms with Crippen molar-refractivity contribution in [2.45, 2.75) is 46.2 Å². The van der Waals surface area contributed by atoms with E-state index in [0.717, 1.165) is 23.2 Å². The standard InChI is InChI=1S/C25H33N3O/c1-18(2)21-8-7-9-22(16-21)25(5,6)26-24(29)27-14-15-28(20(4)17-27)23-12-10-19(3)11-13-23/h7-13,16,20H,1,14-15,17H2,2-6H3,(H,26,29). The number of carbonyl (C=O) groups excluding carboxylic acids is 1. The van der Waals surface area contributed by atoms with Crippen molar-refractivity contribution < 1.29 is 4.79 Å². The van der Waals surface area contributed by atoms with E-state index in [1.54, 1.807) is 0 Å². The molecule has 4 nitrogen and oxygen atoms in total. The van der Waals surface area contributed by atoms with Crippen LogP contribution >= 0.6 is 0 Å². The van der Waals surface area contributed by atoms with Gasteiger partial charge in [-0.05, 0) is 63.9 Å². The Morgan fingerprint density at radius 2 is 1.83 bits per heavy atom. The van der Waals surface area contributed by atoms with E-state index < -0.39 is 5.54 Å². The number of aryl methyl sites for hydroxylation is 1. The van der Waals surface area contributed by atoms with E-state index in [0.29, 0.717) is 13.1 Å². The highest BCUT2D eigenvalue weighted by molar-refractivity contribution is 5.76. The van der Waals surface area contributed by atoms with E-state index in [-0.39, 0.29) is 12.1 Å². The number of allylic oxidation sites excluding steroid dienone is 1. The van der Waals surface area contributed by atoms with Crippen molar-refractivity contribution in [3.05, 3.63) is 71.8 Å². The van der Waals surface area contributed by atoms with Crippen molar-refractivity contribution in [2.75, 3.05) is 24.5 Å². The van der Waals surface area contributed by atoms with Gasteiger partial charge in [0.2, 0.25) is 0 Å². The van der Waals surface area contributed by atoms with Crippen molar-refractivity contribution in [3.63, 3.8) is 0 Å². The Morgan fingerprint density at radius 3 is 2.45 bits per heavy atom. The number of nitrogens with one attached hydrogen (secondary N) is 1. The van der Waals surface area contributed by atoms with Gasteiger partial charge >= 0.3 is 6.03 Å². The van der Waals surface area contributed by atoms with Crippen LogP contribution < -0.4 is 10.2 Å². The lowest BCUT2D eigenvalue weighted by Crippen LogP contribution is -2.58. The van der Waals surface area contributed by atoms with Crippen molar-refractivity contribution in [3.8, 4) is 0 Å². The molecule has 2 amide bonds. The summed E-state index contributed by atoms with van der Waals surface area (Å²) in [5.74, 6) is 0. The molecule has 1 fully saturated rings. The van der Waals surface area contributed by atoms with Crippen LogP contribution in [0, 0.1) is 6.92 Å². The molecular formula is C25H33N3O. The first kappa shape index (κ1) is 21.0. The zero-order valence-electron chi connectivity index (χ0n) is 18.3. The maximum atomic E-state index is 13.0. The number of rotatable bonds is 4. The molecule has 0 radical (unpaired) electrons. The Morgan fingerprint density at radius 1 is 1.14 bits per heavy atom. The van der Waals surface area contributed by atoms with Crippen LogP contribution in [-0.2, 0) is 5.54 Å². The molecular weight excluding hydrogens is 358 g/mol.